The number of nitrogens with two attached hydrogens (primary N) is 1. The van der Waals surface area contributed by atoms with E-state index in [1.807, 2.05) is 0 Å². The zero-order valence-corrected chi connectivity index (χ0v) is 11.8. The fraction of sp³-hybridized carbons (Fsp3) is 0.214. The Bertz CT molecular complexity index is 602. The molecule has 0 atom stereocenters. The number of ether oxygens (including phenoxy) is 2. The van der Waals surface area contributed by atoms with Crippen molar-refractivity contribution >= 4 is 18.0 Å². The zero-order chi connectivity index (χ0) is 15.7. The summed E-state index contributed by atoms with van der Waals surface area (Å²) in [5.74, 6) is -0.255. The minimum atomic E-state index is -0.775. The highest BCUT2D eigenvalue weighted by Crippen LogP contribution is 2.25. The lowest BCUT2D eigenvalue weighted by atomic mass is 10.2. The smallest absolute Gasteiger partial charge is 0.352 e. The molecule has 0 aliphatic rings. The van der Waals surface area contributed by atoms with Crippen LogP contribution in [0.25, 0.3) is 0 Å². The minimum absolute atomic E-state index is 0.0112. The molecular weight excluding hydrogens is 272 g/mol. The Morgan fingerprint density at radius 3 is 2.81 bits per heavy atom. The average Bonchev–Trinajstić information content (AvgIpc) is 2.49. The molecule has 0 saturated carbocycles. The molecule has 0 unspecified atom stereocenters. The number of anilines is 1. The zero-order valence-electron chi connectivity index (χ0n) is 11.8. The summed E-state index contributed by atoms with van der Waals surface area (Å²) in [5.41, 5.74) is 5.53. The van der Waals surface area contributed by atoms with Gasteiger partial charge in [0.15, 0.2) is 11.4 Å². The molecule has 0 saturated heterocycles. The van der Waals surface area contributed by atoms with Gasteiger partial charge in [-0.1, -0.05) is 12.1 Å². The molecule has 1 aromatic rings. The first-order valence-electron chi connectivity index (χ1n) is 6.13. The third kappa shape index (κ3) is 4.24. The third-order valence-electron chi connectivity index (χ3n) is 2.39. The molecule has 0 spiro atoms. The fourth-order valence-corrected chi connectivity index (χ4v) is 1.51. The number of carbonyl (C=O) groups is 1. The van der Waals surface area contributed by atoms with Gasteiger partial charge in [-0.15, -0.1) is 0 Å². The third-order valence-corrected chi connectivity index (χ3v) is 2.39. The summed E-state index contributed by atoms with van der Waals surface area (Å²) in [7, 11) is 1.51. The van der Waals surface area contributed by atoms with Gasteiger partial charge in [0.05, 0.1) is 25.7 Å². The summed E-state index contributed by atoms with van der Waals surface area (Å²) in [6.45, 7) is 1.80. The standard InChI is InChI=1S/C14H16N4O3/c1-3-21-14(19)10(8-15)13(17-9-16)18-11-6-4-5-7-12(11)20-2/h4-7,9,18H,3H2,1-2H3,(H2,16,17)/b13-10-. The Hall–Kier alpha value is -3.01. The van der Waals surface area contributed by atoms with Crippen molar-refractivity contribution in [1.82, 2.24) is 0 Å². The van der Waals surface area contributed by atoms with E-state index in [4.69, 9.17) is 20.5 Å². The monoisotopic (exact) mass is 288 g/mol. The van der Waals surface area contributed by atoms with E-state index >= 15 is 0 Å². The molecule has 0 amide bonds. The molecule has 0 aliphatic heterocycles. The van der Waals surface area contributed by atoms with E-state index in [-0.39, 0.29) is 18.0 Å². The lowest BCUT2D eigenvalue weighted by molar-refractivity contribution is -0.138. The van der Waals surface area contributed by atoms with E-state index in [2.05, 4.69) is 10.3 Å². The molecule has 1 rings (SSSR count). The highest BCUT2D eigenvalue weighted by Gasteiger charge is 2.17. The lowest BCUT2D eigenvalue weighted by Gasteiger charge is -2.12. The van der Waals surface area contributed by atoms with Crippen molar-refractivity contribution in [1.29, 1.82) is 5.26 Å². The van der Waals surface area contributed by atoms with Crippen LogP contribution in [0, 0.1) is 11.3 Å². The summed E-state index contributed by atoms with van der Waals surface area (Å²) in [6, 6.07) is 8.76. The van der Waals surface area contributed by atoms with Crippen molar-refractivity contribution in [3.8, 4) is 11.8 Å². The highest BCUT2D eigenvalue weighted by atomic mass is 16.5. The van der Waals surface area contributed by atoms with Crippen LogP contribution in [0.2, 0.25) is 0 Å². The number of rotatable bonds is 6. The summed E-state index contributed by atoms with van der Waals surface area (Å²) in [6.07, 6.45) is 0.980. The maximum Gasteiger partial charge on any atom is 0.352 e. The molecule has 1 aromatic carbocycles. The second kappa shape index (κ2) is 8.22. The van der Waals surface area contributed by atoms with E-state index in [9.17, 15) is 4.79 Å². The summed E-state index contributed by atoms with van der Waals surface area (Å²) in [4.78, 5) is 15.6. The molecule has 0 fully saturated rings. The van der Waals surface area contributed by atoms with Crippen molar-refractivity contribution in [2.75, 3.05) is 19.0 Å². The summed E-state index contributed by atoms with van der Waals surface area (Å²) in [5, 5.41) is 12.0. The number of aliphatic imine (C=N–C) groups is 1. The van der Waals surface area contributed by atoms with E-state index < -0.39 is 5.97 Å². The number of carbonyl (C=O) groups excluding carboxylic acids is 1. The van der Waals surface area contributed by atoms with Crippen LogP contribution >= 0.6 is 0 Å². The van der Waals surface area contributed by atoms with Crippen LogP contribution in [-0.2, 0) is 9.53 Å². The highest BCUT2D eigenvalue weighted by molar-refractivity contribution is 5.94. The second-order valence-electron chi connectivity index (χ2n) is 3.66. The Morgan fingerprint density at radius 2 is 2.24 bits per heavy atom. The van der Waals surface area contributed by atoms with Crippen molar-refractivity contribution < 1.29 is 14.3 Å². The number of nitrogens with zero attached hydrogens (tertiary/aromatic N) is 2. The number of methoxy groups -OCH3 is 1. The quantitative estimate of drug-likeness (QED) is 0.269. The predicted octanol–water partition coefficient (Wildman–Crippen LogP) is 1.39. The molecular formula is C14H16N4O3. The Balaban J connectivity index is 3.23. The van der Waals surface area contributed by atoms with Gasteiger partial charge < -0.3 is 20.5 Å². The molecule has 0 heterocycles. The number of nitriles is 1. The first kappa shape index (κ1) is 16.0. The summed E-state index contributed by atoms with van der Waals surface area (Å²) >= 11 is 0. The van der Waals surface area contributed by atoms with Gasteiger partial charge in [-0.3, -0.25) is 0 Å². The van der Waals surface area contributed by atoms with Crippen LogP contribution in [0.4, 0.5) is 5.69 Å². The van der Waals surface area contributed by atoms with Gasteiger partial charge >= 0.3 is 5.97 Å². The van der Waals surface area contributed by atoms with Gasteiger partial charge in [-0.25, -0.2) is 9.79 Å². The summed E-state index contributed by atoms with van der Waals surface area (Å²) < 4.78 is 9.99. The molecule has 0 radical (unpaired) electrons. The molecule has 0 aromatic heterocycles. The van der Waals surface area contributed by atoms with Gasteiger partial charge in [-0.05, 0) is 19.1 Å². The van der Waals surface area contributed by atoms with Crippen molar-refractivity contribution in [2.45, 2.75) is 6.92 Å². The van der Waals surface area contributed by atoms with Crippen LogP contribution in [0.3, 0.4) is 0 Å². The normalized spacial score (nSPS) is 11.5. The van der Waals surface area contributed by atoms with E-state index in [1.54, 1.807) is 37.3 Å². The minimum Gasteiger partial charge on any atom is -0.495 e. The van der Waals surface area contributed by atoms with Crippen LogP contribution in [0.5, 0.6) is 5.75 Å². The molecule has 21 heavy (non-hydrogen) atoms. The van der Waals surface area contributed by atoms with Crippen molar-refractivity contribution in [3.63, 3.8) is 0 Å². The molecule has 0 aliphatic carbocycles. The topological polar surface area (TPSA) is 110 Å². The number of para-hydroxylation sites is 2. The van der Waals surface area contributed by atoms with E-state index in [0.717, 1.165) is 6.34 Å². The van der Waals surface area contributed by atoms with Crippen LogP contribution in [0.15, 0.2) is 40.7 Å². The fourth-order valence-electron chi connectivity index (χ4n) is 1.51. The average molecular weight is 288 g/mol. The van der Waals surface area contributed by atoms with Gasteiger partial charge in [0.2, 0.25) is 0 Å². The first-order chi connectivity index (χ1) is 10.2. The van der Waals surface area contributed by atoms with Gasteiger partial charge in [0.1, 0.15) is 11.8 Å². The predicted molar refractivity (Wildman–Crippen MR) is 78.6 cm³/mol. The number of hydrogen-bond acceptors (Lipinski definition) is 6. The first-order valence-corrected chi connectivity index (χ1v) is 6.13. The van der Waals surface area contributed by atoms with Crippen molar-refractivity contribution in [2.24, 2.45) is 10.7 Å². The maximum atomic E-state index is 11.7. The van der Waals surface area contributed by atoms with Crippen molar-refractivity contribution in [3.05, 3.63) is 35.7 Å². The number of nitrogens with one attached hydrogen (secondary N) is 1. The van der Waals surface area contributed by atoms with Crippen LogP contribution in [0.1, 0.15) is 6.92 Å². The van der Waals surface area contributed by atoms with Crippen LogP contribution < -0.4 is 15.8 Å². The van der Waals surface area contributed by atoms with Gasteiger partial charge in [0, 0.05) is 0 Å². The SMILES string of the molecule is CCOC(=O)/C(C#N)=C(/N=C/N)Nc1ccccc1OC. The number of hydrogen-bond donors (Lipinski definition) is 2. The van der Waals surface area contributed by atoms with E-state index in [1.165, 1.54) is 7.11 Å². The van der Waals surface area contributed by atoms with Crippen LogP contribution in [-0.4, -0.2) is 26.0 Å². The Morgan fingerprint density at radius 1 is 1.52 bits per heavy atom. The molecule has 3 N–H and O–H groups in total. The largest absolute Gasteiger partial charge is 0.495 e. The Kier molecular flexibility index (Phi) is 6.28. The molecule has 7 nitrogen and oxygen atoms in total. The Labute approximate surface area is 122 Å². The van der Waals surface area contributed by atoms with Gasteiger partial charge in [0.25, 0.3) is 0 Å². The second-order valence-corrected chi connectivity index (χ2v) is 3.66. The number of benzene rings is 1. The number of esters is 1. The van der Waals surface area contributed by atoms with E-state index in [0.29, 0.717) is 11.4 Å². The molecule has 110 valence electrons. The van der Waals surface area contributed by atoms with Gasteiger partial charge in [-0.2, -0.15) is 5.26 Å². The molecule has 0 bridgehead atoms. The lowest BCUT2D eigenvalue weighted by Crippen LogP contribution is -2.13. The molecule has 7 heteroatoms. The maximum absolute atomic E-state index is 11.7.